The third kappa shape index (κ3) is 3.79. The molecule has 5 nitrogen and oxygen atoms in total. The average Bonchev–Trinajstić information content (AvgIpc) is 2.42. The molecule has 24 heavy (non-hydrogen) atoms. The molecule has 132 valence electrons. The van der Waals surface area contributed by atoms with E-state index >= 15 is 0 Å². The smallest absolute Gasteiger partial charge is 0.310 e. The van der Waals surface area contributed by atoms with Crippen LogP contribution in [0.15, 0.2) is 41.3 Å². The highest BCUT2D eigenvalue weighted by atomic mass is 32.5. The summed E-state index contributed by atoms with van der Waals surface area (Å²) in [6.07, 6.45) is 0. The molecule has 1 amide bonds. The van der Waals surface area contributed by atoms with E-state index in [9.17, 15) is 34.4 Å². The molecule has 2 aromatic carbocycles. The Labute approximate surface area is 131 Å². The lowest BCUT2D eigenvalue weighted by molar-refractivity contribution is 0.102. The maximum Gasteiger partial charge on any atom is 0.310 e. The first-order chi connectivity index (χ1) is 10.7. The molecule has 0 fully saturated rings. The highest BCUT2D eigenvalue weighted by molar-refractivity contribution is 8.45. The third-order valence-electron chi connectivity index (χ3n) is 2.87. The summed E-state index contributed by atoms with van der Waals surface area (Å²) in [5.41, 5.74) is -0.988. The van der Waals surface area contributed by atoms with Gasteiger partial charge in [-0.05, 0) is 30.3 Å². The molecular formula is C13H10F5NO4S. The van der Waals surface area contributed by atoms with Crippen LogP contribution in [0.4, 0.5) is 25.1 Å². The minimum Gasteiger partial charge on any atom is -0.504 e. The van der Waals surface area contributed by atoms with Gasteiger partial charge in [-0.2, -0.15) is 0 Å². The molecule has 0 aliphatic rings. The summed E-state index contributed by atoms with van der Waals surface area (Å²) in [5, 5.41) is 29.6. The van der Waals surface area contributed by atoms with E-state index in [1.807, 2.05) is 5.32 Å². The molecule has 2 aromatic rings. The van der Waals surface area contributed by atoms with Crippen molar-refractivity contribution in [2.45, 2.75) is 4.90 Å². The number of phenols is 3. The van der Waals surface area contributed by atoms with Crippen molar-refractivity contribution < 1.29 is 39.5 Å². The normalized spacial score (nSPS) is 14.5. The summed E-state index contributed by atoms with van der Waals surface area (Å²) in [4.78, 5) is 9.70. The highest BCUT2D eigenvalue weighted by Gasteiger charge is 2.65. The molecule has 0 atom stereocenters. The number of hydrogen-bond acceptors (Lipinski definition) is 4. The zero-order chi connectivity index (χ0) is 18.4. The Morgan fingerprint density at radius 3 is 1.96 bits per heavy atom. The van der Waals surface area contributed by atoms with E-state index in [1.165, 1.54) is 0 Å². The number of amides is 1. The Morgan fingerprint density at radius 2 is 1.46 bits per heavy atom. The summed E-state index contributed by atoms with van der Waals surface area (Å²) in [7, 11) is -9.90. The first-order valence-electron chi connectivity index (χ1n) is 6.08. The Kier molecular flexibility index (Phi) is 3.43. The van der Waals surface area contributed by atoms with E-state index in [1.54, 1.807) is 0 Å². The Balaban J connectivity index is 2.35. The van der Waals surface area contributed by atoms with E-state index in [0.717, 1.165) is 18.2 Å². The van der Waals surface area contributed by atoms with Crippen molar-refractivity contribution in [3.05, 3.63) is 42.0 Å². The second kappa shape index (κ2) is 4.66. The molecule has 0 radical (unpaired) electrons. The summed E-state index contributed by atoms with van der Waals surface area (Å²) >= 11 is 0. The quantitative estimate of drug-likeness (QED) is 0.465. The summed E-state index contributed by atoms with van der Waals surface area (Å²) in [5.74, 6) is -3.68. The maximum atomic E-state index is 12.7. The lowest BCUT2D eigenvalue weighted by Gasteiger charge is -2.40. The predicted molar refractivity (Wildman–Crippen MR) is 77.2 cm³/mol. The van der Waals surface area contributed by atoms with Gasteiger partial charge in [0.15, 0.2) is 17.2 Å². The van der Waals surface area contributed by atoms with Gasteiger partial charge in [0.25, 0.3) is 5.91 Å². The zero-order valence-corrected chi connectivity index (χ0v) is 12.3. The number of rotatable bonds is 3. The van der Waals surface area contributed by atoms with E-state index in [0.29, 0.717) is 6.07 Å². The molecule has 0 heterocycles. The van der Waals surface area contributed by atoms with Crippen LogP contribution in [0.1, 0.15) is 10.4 Å². The molecule has 0 aromatic heterocycles. The van der Waals surface area contributed by atoms with Crippen molar-refractivity contribution in [1.82, 2.24) is 0 Å². The standard InChI is InChI=1S/C13H10F5NO4S/c14-24(15,16,17,18)9-3-1-2-8(6-9)19-13(23)7-4-10(20)12(22)11(21)5-7/h1-6,20-22H,(H,19,23). The number of carbonyl (C=O) groups is 1. The zero-order valence-electron chi connectivity index (χ0n) is 11.5. The van der Waals surface area contributed by atoms with Gasteiger partial charge in [-0.15, -0.1) is 0 Å². The molecule has 0 saturated carbocycles. The van der Waals surface area contributed by atoms with E-state index in [-0.39, 0.29) is 12.1 Å². The van der Waals surface area contributed by atoms with Crippen molar-refractivity contribution >= 4 is 21.8 Å². The number of carbonyl (C=O) groups excluding carboxylic acids is 1. The number of anilines is 1. The number of nitrogens with one attached hydrogen (secondary N) is 1. The SMILES string of the molecule is O=C(Nc1cccc(S(F)(F)(F)(F)F)c1)c1cc(O)c(O)c(O)c1. The van der Waals surface area contributed by atoms with Gasteiger partial charge in [0.1, 0.15) is 4.90 Å². The van der Waals surface area contributed by atoms with Crippen LogP contribution in [-0.2, 0) is 0 Å². The summed E-state index contributed by atoms with van der Waals surface area (Å²) < 4.78 is 63.7. The van der Waals surface area contributed by atoms with Gasteiger partial charge in [-0.3, -0.25) is 4.79 Å². The highest BCUT2D eigenvalue weighted by Crippen LogP contribution is 3.02. The topological polar surface area (TPSA) is 89.8 Å². The fourth-order valence-electron chi connectivity index (χ4n) is 1.75. The fourth-order valence-corrected chi connectivity index (χ4v) is 2.44. The summed E-state index contributed by atoms with van der Waals surface area (Å²) in [6, 6.07) is 3.35. The second-order valence-electron chi connectivity index (χ2n) is 4.81. The first-order valence-corrected chi connectivity index (χ1v) is 8.03. The third-order valence-corrected chi connectivity index (χ3v) is 4.01. The molecule has 2 rings (SSSR count). The van der Waals surface area contributed by atoms with Crippen molar-refractivity contribution in [3.63, 3.8) is 0 Å². The number of hydrogen-bond donors (Lipinski definition) is 4. The van der Waals surface area contributed by atoms with Crippen molar-refractivity contribution in [2.75, 3.05) is 5.32 Å². The lowest BCUT2D eigenvalue weighted by Crippen LogP contribution is -2.13. The van der Waals surface area contributed by atoms with Crippen LogP contribution in [0.3, 0.4) is 0 Å². The average molecular weight is 371 g/mol. The van der Waals surface area contributed by atoms with E-state index in [2.05, 4.69) is 0 Å². The summed E-state index contributed by atoms with van der Waals surface area (Å²) in [6.45, 7) is 0. The van der Waals surface area contributed by atoms with Crippen LogP contribution in [0, 0.1) is 0 Å². The first kappa shape index (κ1) is 17.7. The number of benzene rings is 2. The largest absolute Gasteiger partial charge is 0.504 e. The van der Waals surface area contributed by atoms with Gasteiger partial charge < -0.3 is 20.6 Å². The maximum absolute atomic E-state index is 12.7. The number of aromatic hydroxyl groups is 3. The lowest BCUT2D eigenvalue weighted by atomic mass is 10.1. The van der Waals surface area contributed by atoms with Crippen LogP contribution in [-0.4, -0.2) is 21.2 Å². The molecule has 0 unspecified atom stereocenters. The fraction of sp³-hybridized carbons (Fsp3) is 0. The van der Waals surface area contributed by atoms with Crippen LogP contribution >= 0.6 is 10.2 Å². The monoisotopic (exact) mass is 371 g/mol. The number of halogens is 5. The van der Waals surface area contributed by atoms with E-state index in [4.69, 9.17) is 5.11 Å². The van der Waals surface area contributed by atoms with Gasteiger partial charge in [-0.1, -0.05) is 25.5 Å². The second-order valence-corrected chi connectivity index (χ2v) is 7.22. The van der Waals surface area contributed by atoms with Crippen LogP contribution in [0.25, 0.3) is 0 Å². The molecule has 11 heteroatoms. The van der Waals surface area contributed by atoms with E-state index < -0.39 is 49.5 Å². The van der Waals surface area contributed by atoms with Gasteiger partial charge in [0.2, 0.25) is 0 Å². The molecule has 4 N–H and O–H groups in total. The van der Waals surface area contributed by atoms with Gasteiger partial charge in [0, 0.05) is 11.3 Å². The molecular weight excluding hydrogens is 361 g/mol. The van der Waals surface area contributed by atoms with Gasteiger partial charge in [0.05, 0.1) is 0 Å². The predicted octanol–water partition coefficient (Wildman–Crippen LogP) is 4.71. The number of phenolic OH excluding ortho intramolecular Hbond substituents is 3. The Bertz CT molecular complexity index is 815. The van der Waals surface area contributed by atoms with Gasteiger partial charge in [-0.25, -0.2) is 0 Å². The molecule has 0 aliphatic carbocycles. The minimum atomic E-state index is -9.90. The van der Waals surface area contributed by atoms with Crippen LogP contribution in [0.2, 0.25) is 0 Å². The van der Waals surface area contributed by atoms with Crippen LogP contribution < -0.4 is 5.32 Å². The Morgan fingerprint density at radius 1 is 0.917 bits per heavy atom. The van der Waals surface area contributed by atoms with Crippen molar-refractivity contribution in [2.24, 2.45) is 0 Å². The molecule has 0 bridgehead atoms. The Hall–Kier alpha value is -2.69. The van der Waals surface area contributed by atoms with Gasteiger partial charge >= 0.3 is 10.2 Å². The molecule has 0 aliphatic heterocycles. The molecule has 0 spiro atoms. The molecule has 0 saturated heterocycles. The minimum absolute atomic E-state index is 0.0690. The van der Waals surface area contributed by atoms with Crippen LogP contribution in [0.5, 0.6) is 17.2 Å². The van der Waals surface area contributed by atoms with Crippen molar-refractivity contribution in [1.29, 1.82) is 0 Å². The van der Waals surface area contributed by atoms with Crippen molar-refractivity contribution in [3.8, 4) is 17.2 Å².